The van der Waals surface area contributed by atoms with Crippen molar-refractivity contribution in [2.45, 2.75) is 37.6 Å². The average Bonchev–Trinajstić information content (AvgIpc) is 3.40. The van der Waals surface area contributed by atoms with E-state index in [4.69, 9.17) is 11.6 Å². The molecule has 30 heavy (non-hydrogen) atoms. The van der Waals surface area contributed by atoms with Crippen molar-refractivity contribution >= 4 is 44.3 Å². The molecule has 1 aliphatic rings. The number of aryl methyl sites for hydroxylation is 1. The van der Waals surface area contributed by atoms with Crippen LogP contribution in [0.4, 0.5) is 5.69 Å². The molecule has 1 aliphatic heterocycles. The first kappa shape index (κ1) is 20.8. The predicted octanol–water partition coefficient (Wildman–Crippen LogP) is 3.81. The van der Waals surface area contributed by atoms with E-state index >= 15 is 0 Å². The van der Waals surface area contributed by atoms with Gasteiger partial charge in [0.05, 0.1) is 22.3 Å². The largest absolute Gasteiger partial charge is 0.330 e. The lowest BCUT2D eigenvalue weighted by molar-refractivity contribution is -0.116. The number of anilines is 1. The van der Waals surface area contributed by atoms with Crippen LogP contribution in [0.3, 0.4) is 0 Å². The molecule has 1 amide bonds. The maximum absolute atomic E-state index is 12.8. The van der Waals surface area contributed by atoms with Crippen LogP contribution in [0.25, 0.3) is 11.0 Å². The second kappa shape index (κ2) is 8.37. The average molecular weight is 447 g/mol. The van der Waals surface area contributed by atoms with Crippen molar-refractivity contribution in [3.63, 3.8) is 0 Å². The van der Waals surface area contributed by atoms with E-state index < -0.39 is 10.0 Å². The molecule has 3 aromatic rings. The summed E-state index contributed by atoms with van der Waals surface area (Å²) in [6.45, 7) is 3.42. The zero-order valence-electron chi connectivity index (χ0n) is 16.6. The summed E-state index contributed by atoms with van der Waals surface area (Å²) in [6, 6.07) is 10.4. The fourth-order valence-electron chi connectivity index (χ4n) is 3.64. The van der Waals surface area contributed by atoms with Crippen LogP contribution in [0, 0.1) is 6.92 Å². The van der Waals surface area contributed by atoms with Crippen molar-refractivity contribution in [3.05, 3.63) is 53.3 Å². The molecule has 4 rings (SSSR count). The highest BCUT2D eigenvalue weighted by Gasteiger charge is 2.27. The number of fused-ring (bicyclic) bond motifs is 1. The first-order chi connectivity index (χ1) is 14.4. The topological polar surface area (TPSA) is 84.3 Å². The molecule has 0 atom stereocenters. The van der Waals surface area contributed by atoms with Crippen LogP contribution < -0.4 is 5.32 Å². The smallest absolute Gasteiger partial charge is 0.243 e. The Morgan fingerprint density at radius 3 is 2.73 bits per heavy atom. The van der Waals surface area contributed by atoms with Crippen molar-refractivity contribution in [2.75, 3.05) is 18.4 Å². The van der Waals surface area contributed by atoms with Gasteiger partial charge in [-0.05, 0) is 55.7 Å². The van der Waals surface area contributed by atoms with Crippen molar-refractivity contribution in [2.24, 2.45) is 0 Å². The number of imidazole rings is 1. The molecule has 1 fully saturated rings. The van der Waals surface area contributed by atoms with E-state index in [1.54, 1.807) is 36.7 Å². The lowest BCUT2D eigenvalue weighted by Crippen LogP contribution is -2.27. The minimum atomic E-state index is -3.48. The molecule has 1 aromatic heterocycles. The van der Waals surface area contributed by atoms with Gasteiger partial charge in [-0.3, -0.25) is 4.79 Å². The van der Waals surface area contributed by atoms with E-state index in [1.807, 2.05) is 17.6 Å². The summed E-state index contributed by atoms with van der Waals surface area (Å²) in [5.41, 5.74) is 2.91. The number of halogens is 1. The molecule has 0 spiro atoms. The van der Waals surface area contributed by atoms with Crippen LogP contribution in [0.2, 0.25) is 5.02 Å². The molecule has 0 bridgehead atoms. The second-order valence-electron chi connectivity index (χ2n) is 7.41. The molecule has 0 unspecified atom stereocenters. The lowest BCUT2D eigenvalue weighted by atomic mass is 10.2. The summed E-state index contributed by atoms with van der Waals surface area (Å²) in [5, 5.41) is 3.48. The van der Waals surface area contributed by atoms with E-state index in [0.29, 0.717) is 35.9 Å². The molecule has 1 N–H and O–H groups in total. The Labute approximate surface area is 180 Å². The summed E-state index contributed by atoms with van der Waals surface area (Å²) in [6.07, 6.45) is 3.68. The van der Waals surface area contributed by atoms with E-state index in [2.05, 4.69) is 10.3 Å². The van der Waals surface area contributed by atoms with Gasteiger partial charge in [0, 0.05) is 36.8 Å². The Morgan fingerprint density at radius 1 is 1.20 bits per heavy atom. The van der Waals surface area contributed by atoms with E-state index in [1.165, 1.54) is 4.31 Å². The van der Waals surface area contributed by atoms with Crippen LogP contribution in [0.15, 0.2) is 47.6 Å². The number of nitrogens with one attached hydrogen (secondary N) is 1. The summed E-state index contributed by atoms with van der Waals surface area (Å²) < 4.78 is 28.9. The van der Waals surface area contributed by atoms with E-state index in [0.717, 1.165) is 23.9 Å². The van der Waals surface area contributed by atoms with Crippen molar-refractivity contribution in [1.82, 2.24) is 13.9 Å². The number of carbonyl (C=O) groups is 1. The number of hydrogen-bond donors (Lipinski definition) is 1. The highest BCUT2D eigenvalue weighted by Crippen LogP contribution is 2.25. The first-order valence-electron chi connectivity index (χ1n) is 9.86. The second-order valence-corrected chi connectivity index (χ2v) is 9.76. The fourth-order valence-corrected chi connectivity index (χ4v) is 5.35. The van der Waals surface area contributed by atoms with Crippen LogP contribution in [0.1, 0.15) is 24.8 Å². The standard InChI is InChI=1S/C21H23ClN4O3S/c1-15-17(22)5-4-6-18(15)24-21(27)9-12-25-14-23-19-13-16(7-8-20(19)25)30(28,29)26-10-2-3-11-26/h4-8,13-14H,2-3,9-12H2,1H3,(H,24,27). The molecule has 158 valence electrons. The van der Waals surface area contributed by atoms with Gasteiger partial charge in [0.2, 0.25) is 15.9 Å². The molecule has 9 heteroatoms. The molecule has 0 radical (unpaired) electrons. The molecule has 1 saturated heterocycles. The minimum Gasteiger partial charge on any atom is -0.330 e. The number of rotatable bonds is 6. The number of hydrogen-bond acceptors (Lipinski definition) is 4. The zero-order chi connectivity index (χ0) is 21.3. The van der Waals surface area contributed by atoms with Gasteiger partial charge >= 0.3 is 0 Å². The Morgan fingerprint density at radius 2 is 1.97 bits per heavy atom. The maximum atomic E-state index is 12.8. The first-order valence-corrected chi connectivity index (χ1v) is 11.7. The zero-order valence-corrected chi connectivity index (χ0v) is 18.2. The summed E-state index contributed by atoms with van der Waals surface area (Å²) in [7, 11) is -3.48. The fraction of sp³-hybridized carbons (Fsp3) is 0.333. The normalized spacial score (nSPS) is 15.0. The summed E-state index contributed by atoms with van der Waals surface area (Å²) in [4.78, 5) is 17.0. The number of nitrogens with zero attached hydrogens (tertiary/aromatic N) is 3. The van der Waals surface area contributed by atoms with E-state index in [9.17, 15) is 13.2 Å². The van der Waals surface area contributed by atoms with Crippen LogP contribution in [0.5, 0.6) is 0 Å². The third-order valence-electron chi connectivity index (χ3n) is 5.42. The molecule has 2 heterocycles. The van der Waals surface area contributed by atoms with Gasteiger partial charge in [0.1, 0.15) is 0 Å². The van der Waals surface area contributed by atoms with Gasteiger partial charge in [-0.1, -0.05) is 17.7 Å². The lowest BCUT2D eigenvalue weighted by Gasteiger charge is -2.15. The van der Waals surface area contributed by atoms with Gasteiger partial charge in [-0.15, -0.1) is 0 Å². The van der Waals surface area contributed by atoms with E-state index in [-0.39, 0.29) is 17.2 Å². The predicted molar refractivity (Wildman–Crippen MR) is 117 cm³/mol. The summed E-state index contributed by atoms with van der Waals surface area (Å²) >= 11 is 6.10. The Bertz CT molecular complexity index is 1200. The minimum absolute atomic E-state index is 0.129. The van der Waals surface area contributed by atoms with Crippen molar-refractivity contribution in [3.8, 4) is 0 Å². The van der Waals surface area contributed by atoms with Crippen molar-refractivity contribution < 1.29 is 13.2 Å². The monoisotopic (exact) mass is 446 g/mol. The third-order valence-corrected chi connectivity index (χ3v) is 7.72. The number of aromatic nitrogens is 2. The Hall–Kier alpha value is -2.42. The highest BCUT2D eigenvalue weighted by atomic mass is 35.5. The number of sulfonamides is 1. The molecule has 0 aliphatic carbocycles. The number of carbonyl (C=O) groups excluding carboxylic acids is 1. The Kier molecular flexibility index (Phi) is 5.81. The molecule has 7 nitrogen and oxygen atoms in total. The molecular weight excluding hydrogens is 424 g/mol. The SMILES string of the molecule is Cc1c(Cl)cccc1NC(=O)CCn1cnc2cc(S(=O)(=O)N3CCCC3)ccc21. The number of amides is 1. The van der Waals surface area contributed by atoms with Gasteiger partial charge in [0.25, 0.3) is 0 Å². The highest BCUT2D eigenvalue weighted by molar-refractivity contribution is 7.89. The van der Waals surface area contributed by atoms with Gasteiger partial charge < -0.3 is 9.88 Å². The molecular formula is C21H23ClN4O3S. The van der Waals surface area contributed by atoms with Crippen LogP contribution >= 0.6 is 11.6 Å². The molecule has 0 saturated carbocycles. The Balaban J connectivity index is 1.46. The van der Waals surface area contributed by atoms with Crippen LogP contribution in [-0.4, -0.2) is 41.3 Å². The number of benzene rings is 2. The van der Waals surface area contributed by atoms with Gasteiger partial charge in [-0.2, -0.15) is 4.31 Å². The third kappa shape index (κ3) is 4.08. The van der Waals surface area contributed by atoms with Gasteiger partial charge in [-0.25, -0.2) is 13.4 Å². The quantitative estimate of drug-likeness (QED) is 0.624. The van der Waals surface area contributed by atoms with Gasteiger partial charge in [0.15, 0.2) is 0 Å². The maximum Gasteiger partial charge on any atom is 0.243 e. The summed E-state index contributed by atoms with van der Waals surface area (Å²) in [5.74, 6) is -0.129. The molecule has 2 aromatic carbocycles. The van der Waals surface area contributed by atoms with Crippen LogP contribution in [-0.2, 0) is 21.4 Å². The van der Waals surface area contributed by atoms with Crippen molar-refractivity contribution in [1.29, 1.82) is 0 Å².